The van der Waals surface area contributed by atoms with Crippen molar-refractivity contribution in [1.82, 2.24) is 4.98 Å². The fraction of sp³-hybridized carbons (Fsp3) is 0.200. The molecule has 0 saturated carbocycles. The largest absolute Gasteiger partial charge is 0.448 e. The first kappa shape index (κ1) is 11.3. The number of furan rings is 1. The van der Waals surface area contributed by atoms with Crippen molar-refractivity contribution in [2.75, 3.05) is 5.43 Å². The Morgan fingerprint density at radius 1 is 1.50 bits per heavy atom. The van der Waals surface area contributed by atoms with E-state index in [-0.39, 0.29) is 0 Å². The molecular weight excluding hydrogens is 290 g/mol. The summed E-state index contributed by atoms with van der Waals surface area (Å²) in [6.07, 6.45) is 1.61. The molecule has 0 aliphatic carbocycles. The molecule has 0 aliphatic heterocycles. The van der Waals surface area contributed by atoms with E-state index in [4.69, 9.17) is 4.42 Å². The summed E-state index contributed by atoms with van der Waals surface area (Å²) in [4.78, 5) is 5.49. The number of nitrogens with one attached hydrogen (secondary N) is 1. The highest BCUT2D eigenvalue weighted by molar-refractivity contribution is 9.10. The first-order valence-electron chi connectivity index (χ1n) is 4.63. The molecule has 0 bridgehead atoms. The van der Waals surface area contributed by atoms with Crippen LogP contribution in [-0.4, -0.2) is 11.2 Å². The van der Waals surface area contributed by atoms with Crippen LogP contribution < -0.4 is 5.43 Å². The number of anilines is 1. The van der Waals surface area contributed by atoms with Crippen LogP contribution in [0, 0.1) is 13.8 Å². The molecule has 0 atom stereocenters. The summed E-state index contributed by atoms with van der Waals surface area (Å²) in [6.45, 7) is 4.01. The van der Waals surface area contributed by atoms with Crippen molar-refractivity contribution in [3.05, 3.63) is 33.1 Å². The fourth-order valence-corrected chi connectivity index (χ4v) is 2.15. The molecule has 0 fully saturated rings. The van der Waals surface area contributed by atoms with Gasteiger partial charge in [0.2, 0.25) is 5.13 Å². The molecule has 2 aromatic heterocycles. The third kappa shape index (κ3) is 2.70. The highest BCUT2D eigenvalue weighted by atomic mass is 79.9. The lowest BCUT2D eigenvalue weighted by molar-refractivity contribution is 0.534. The molecule has 2 aromatic rings. The van der Waals surface area contributed by atoms with Crippen LogP contribution in [0.15, 0.2) is 26.3 Å². The molecule has 0 spiro atoms. The fourth-order valence-electron chi connectivity index (χ4n) is 1.07. The van der Waals surface area contributed by atoms with Gasteiger partial charge in [-0.2, -0.15) is 5.10 Å². The van der Waals surface area contributed by atoms with Gasteiger partial charge in [0.15, 0.2) is 4.67 Å². The van der Waals surface area contributed by atoms with E-state index >= 15 is 0 Å². The maximum atomic E-state index is 5.26. The highest BCUT2D eigenvalue weighted by Crippen LogP contribution is 2.20. The lowest BCUT2D eigenvalue weighted by Crippen LogP contribution is -1.88. The van der Waals surface area contributed by atoms with Crippen LogP contribution in [0.1, 0.15) is 16.3 Å². The average molecular weight is 300 g/mol. The number of rotatable bonds is 3. The van der Waals surface area contributed by atoms with Gasteiger partial charge < -0.3 is 4.42 Å². The minimum atomic E-state index is 0.685. The van der Waals surface area contributed by atoms with Crippen LogP contribution in [0.5, 0.6) is 0 Å². The summed E-state index contributed by atoms with van der Waals surface area (Å²) in [5.41, 5.74) is 3.90. The Labute approximate surface area is 106 Å². The summed E-state index contributed by atoms with van der Waals surface area (Å²) in [5.74, 6) is 0.685. The molecule has 0 aromatic carbocycles. The molecule has 2 heterocycles. The summed E-state index contributed by atoms with van der Waals surface area (Å²) in [7, 11) is 0. The van der Waals surface area contributed by atoms with E-state index in [0.717, 1.165) is 10.8 Å². The molecular formula is C10H10BrN3OS. The number of nitrogens with zero attached hydrogens (tertiary/aromatic N) is 2. The number of hydrogen-bond acceptors (Lipinski definition) is 5. The third-order valence-corrected chi connectivity index (χ3v) is 3.38. The van der Waals surface area contributed by atoms with Crippen molar-refractivity contribution in [3.63, 3.8) is 0 Å². The first-order chi connectivity index (χ1) is 7.65. The molecule has 0 unspecified atom stereocenters. The third-order valence-electron chi connectivity index (χ3n) is 1.97. The second-order valence-electron chi connectivity index (χ2n) is 3.17. The Morgan fingerprint density at radius 2 is 2.31 bits per heavy atom. The van der Waals surface area contributed by atoms with Crippen molar-refractivity contribution in [3.8, 4) is 0 Å². The van der Waals surface area contributed by atoms with Gasteiger partial charge in [-0.3, -0.25) is 5.43 Å². The van der Waals surface area contributed by atoms with Crippen LogP contribution in [-0.2, 0) is 0 Å². The van der Waals surface area contributed by atoms with Crippen molar-refractivity contribution >= 4 is 38.6 Å². The van der Waals surface area contributed by atoms with E-state index in [1.54, 1.807) is 17.6 Å². The Kier molecular flexibility index (Phi) is 3.40. The Bertz CT molecular complexity index is 498. The number of halogens is 1. The van der Waals surface area contributed by atoms with Gasteiger partial charge in [-0.15, -0.1) is 11.3 Å². The maximum absolute atomic E-state index is 5.26. The predicted octanol–water partition coefficient (Wildman–Crippen LogP) is 3.56. The molecule has 0 amide bonds. The van der Waals surface area contributed by atoms with E-state index in [1.165, 1.54) is 4.88 Å². The lowest BCUT2D eigenvalue weighted by atomic mass is 10.4. The molecule has 84 valence electrons. The van der Waals surface area contributed by atoms with E-state index in [0.29, 0.717) is 10.4 Å². The van der Waals surface area contributed by atoms with Gasteiger partial charge in [0.25, 0.3) is 0 Å². The standard InChI is InChI=1S/C10H10BrN3OS/c1-6-7(2)16-10(13-6)14-12-5-8-3-4-9(11)15-8/h3-5H,1-2H3,(H,13,14)/b12-5-. The molecule has 2 rings (SSSR count). The van der Waals surface area contributed by atoms with Crippen molar-refractivity contribution in [2.24, 2.45) is 5.10 Å². The van der Waals surface area contributed by atoms with Gasteiger partial charge in [0.1, 0.15) is 5.76 Å². The zero-order chi connectivity index (χ0) is 11.5. The van der Waals surface area contributed by atoms with Crippen LogP contribution in [0.25, 0.3) is 0 Å². The van der Waals surface area contributed by atoms with Crippen LogP contribution in [0.4, 0.5) is 5.13 Å². The van der Waals surface area contributed by atoms with Crippen molar-refractivity contribution in [2.45, 2.75) is 13.8 Å². The summed E-state index contributed by atoms with van der Waals surface area (Å²) >= 11 is 4.80. The summed E-state index contributed by atoms with van der Waals surface area (Å²) in [5, 5.41) is 4.83. The quantitative estimate of drug-likeness (QED) is 0.696. The van der Waals surface area contributed by atoms with Crippen LogP contribution >= 0.6 is 27.3 Å². The van der Waals surface area contributed by atoms with E-state index < -0.39 is 0 Å². The molecule has 16 heavy (non-hydrogen) atoms. The number of hydrogen-bond donors (Lipinski definition) is 1. The Balaban J connectivity index is 1.99. The average Bonchev–Trinajstić information content (AvgIpc) is 2.75. The summed E-state index contributed by atoms with van der Waals surface area (Å²) in [6, 6.07) is 3.65. The van der Waals surface area contributed by atoms with Gasteiger partial charge in [0, 0.05) is 4.88 Å². The number of hydrazone groups is 1. The number of aromatic nitrogens is 1. The minimum absolute atomic E-state index is 0.685. The zero-order valence-corrected chi connectivity index (χ0v) is 11.2. The lowest BCUT2D eigenvalue weighted by Gasteiger charge is -1.90. The molecule has 1 N–H and O–H groups in total. The first-order valence-corrected chi connectivity index (χ1v) is 6.24. The van der Waals surface area contributed by atoms with E-state index in [2.05, 4.69) is 31.4 Å². The highest BCUT2D eigenvalue weighted by Gasteiger charge is 2.01. The Morgan fingerprint density at radius 3 is 2.88 bits per heavy atom. The smallest absolute Gasteiger partial charge is 0.203 e. The SMILES string of the molecule is Cc1nc(N/N=C\c2ccc(Br)o2)sc1C. The Hall–Kier alpha value is -1.14. The maximum Gasteiger partial charge on any atom is 0.203 e. The van der Waals surface area contributed by atoms with Gasteiger partial charge in [-0.25, -0.2) is 4.98 Å². The predicted molar refractivity (Wildman–Crippen MR) is 69.2 cm³/mol. The second-order valence-corrected chi connectivity index (χ2v) is 5.16. The van der Waals surface area contributed by atoms with E-state index in [1.807, 2.05) is 26.0 Å². The zero-order valence-electron chi connectivity index (χ0n) is 8.82. The van der Waals surface area contributed by atoms with Gasteiger partial charge in [-0.1, -0.05) is 0 Å². The molecule has 4 nitrogen and oxygen atoms in total. The number of aryl methyl sites for hydroxylation is 2. The topological polar surface area (TPSA) is 50.4 Å². The molecule has 0 aliphatic rings. The van der Waals surface area contributed by atoms with Gasteiger partial charge in [0.05, 0.1) is 11.9 Å². The molecule has 6 heteroatoms. The summed E-state index contributed by atoms with van der Waals surface area (Å²) < 4.78 is 5.95. The van der Waals surface area contributed by atoms with Crippen molar-refractivity contribution in [1.29, 1.82) is 0 Å². The van der Waals surface area contributed by atoms with Gasteiger partial charge in [-0.05, 0) is 41.9 Å². The minimum Gasteiger partial charge on any atom is -0.448 e. The molecule has 0 radical (unpaired) electrons. The van der Waals surface area contributed by atoms with Crippen LogP contribution in [0.3, 0.4) is 0 Å². The monoisotopic (exact) mass is 299 g/mol. The van der Waals surface area contributed by atoms with Crippen LogP contribution in [0.2, 0.25) is 0 Å². The molecule has 0 saturated heterocycles. The number of thiazole rings is 1. The van der Waals surface area contributed by atoms with Crippen molar-refractivity contribution < 1.29 is 4.42 Å². The van der Waals surface area contributed by atoms with Gasteiger partial charge >= 0.3 is 0 Å². The van der Waals surface area contributed by atoms with E-state index in [9.17, 15) is 0 Å². The second kappa shape index (κ2) is 4.80. The normalized spacial score (nSPS) is 11.2.